The Morgan fingerprint density at radius 3 is 2.14 bits per heavy atom. The zero-order chi connectivity index (χ0) is 16.0. The number of aliphatic carboxylic acids is 1. The molecule has 0 amide bonds. The van der Waals surface area contributed by atoms with Gasteiger partial charge in [-0.2, -0.15) is 0 Å². The molecular formula is C15H20O5S. The number of carbonyl (C=O) groups is 2. The van der Waals surface area contributed by atoms with Crippen molar-refractivity contribution in [2.24, 2.45) is 5.92 Å². The first-order chi connectivity index (χ1) is 9.72. The number of carboxylic acid groups (broad SMARTS) is 1. The lowest BCUT2D eigenvalue weighted by molar-refractivity contribution is -0.137. The monoisotopic (exact) mass is 312 g/mol. The smallest absolute Gasteiger partial charge is 0.303 e. The molecule has 5 nitrogen and oxygen atoms in total. The highest BCUT2D eigenvalue weighted by atomic mass is 32.2. The van der Waals surface area contributed by atoms with Gasteiger partial charge in [-0.25, -0.2) is 8.42 Å². The van der Waals surface area contributed by atoms with Gasteiger partial charge in [0.05, 0.1) is 10.6 Å². The van der Waals surface area contributed by atoms with Crippen LogP contribution in [0.5, 0.6) is 0 Å². The Balaban J connectivity index is 2.74. The van der Waals surface area contributed by atoms with Crippen molar-refractivity contribution in [1.29, 1.82) is 0 Å². The fourth-order valence-electron chi connectivity index (χ4n) is 1.93. The van der Waals surface area contributed by atoms with Crippen LogP contribution in [0.3, 0.4) is 0 Å². The highest BCUT2D eigenvalue weighted by molar-refractivity contribution is 7.91. The first-order valence-electron chi connectivity index (χ1n) is 6.80. The number of sulfone groups is 1. The number of hydrogen-bond donors (Lipinski definition) is 1. The van der Waals surface area contributed by atoms with Gasteiger partial charge < -0.3 is 5.11 Å². The summed E-state index contributed by atoms with van der Waals surface area (Å²) in [5.41, 5.74) is 0.406. The maximum absolute atomic E-state index is 12.0. The Bertz CT molecular complexity index is 599. The van der Waals surface area contributed by atoms with Gasteiger partial charge in [-0.1, -0.05) is 26.0 Å². The molecule has 1 rings (SSSR count). The van der Waals surface area contributed by atoms with Gasteiger partial charge in [-0.05, 0) is 24.5 Å². The van der Waals surface area contributed by atoms with Crippen LogP contribution in [-0.4, -0.2) is 31.0 Å². The van der Waals surface area contributed by atoms with E-state index in [0.717, 1.165) is 0 Å². The van der Waals surface area contributed by atoms with E-state index < -0.39 is 15.8 Å². The second-order valence-corrected chi connectivity index (χ2v) is 7.40. The van der Waals surface area contributed by atoms with Crippen LogP contribution in [0.4, 0.5) is 0 Å². The number of benzene rings is 1. The minimum atomic E-state index is -3.32. The van der Waals surface area contributed by atoms with Crippen molar-refractivity contribution in [3.63, 3.8) is 0 Å². The van der Waals surface area contributed by atoms with Crippen LogP contribution in [-0.2, 0) is 14.6 Å². The Morgan fingerprint density at radius 2 is 1.67 bits per heavy atom. The van der Waals surface area contributed by atoms with Crippen LogP contribution in [0.25, 0.3) is 0 Å². The average molecular weight is 312 g/mol. The lowest BCUT2D eigenvalue weighted by Gasteiger charge is -2.07. The maximum atomic E-state index is 12.0. The topological polar surface area (TPSA) is 88.5 Å². The SMILES string of the molecule is CC(C)CS(=O)(=O)c1ccc(C(=O)CCCC(=O)O)cc1. The van der Waals surface area contributed by atoms with Gasteiger partial charge in [0, 0.05) is 18.4 Å². The number of hydrogen-bond acceptors (Lipinski definition) is 4. The molecule has 1 N–H and O–H groups in total. The first-order valence-corrected chi connectivity index (χ1v) is 8.45. The molecule has 1 aromatic rings. The standard InChI is InChI=1S/C15H20O5S/c1-11(2)10-21(19,20)13-8-6-12(7-9-13)14(16)4-3-5-15(17)18/h6-9,11H,3-5,10H2,1-2H3,(H,17,18). The molecule has 0 aliphatic heterocycles. The molecule has 0 aliphatic carbocycles. The Hall–Kier alpha value is -1.69. The molecule has 0 radical (unpaired) electrons. The third kappa shape index (κ3) is 5.67. The van der Waals surface area contributed by atoms with E-state index in [9.17, 15) is 18.0 Å². The molecule has 116 valence electrons. The van der Waals surface area contributed by atoms with Crippen LogP contribution in [0, 0.1) is 5.92 Å². The van der Waals surface area contributed by atoms with Crippen molar-refractivity contribution in [3.05, 3.63) is 29.8 Å². The van der Waals surface area contributed by atoms with Crippen LogP contribution < -0.4 is 0 Å². The minimum absolute atomic E-state index is 0.0346. The molecule has 21 heavy (non-hydrogen) atoms. The molecule has 0 spiro atoms. The number of ketones is 1. The van der Waals surface area contributed by atoms with E-state index in [1.54, 1.807) is 0 Å². The minimum Gasteiger partial charge on any atom is -0.481 e. The third-order valence-electron chi connectivity index (χ3n) is 2.88. The Morgan fingerprint density at radius 1 is 1.10 bits per heavy atom. The summed E-state index contributed by atoms with van der Waals surface area (Å²) in [4.78, 5) is 22.4. The van der Waals surface area contributed by atoms with E-state index in [1.807, 2.05) is 13.8 Å². The van der Waals surface area contributed by atoms with Crippen molar-refractivity contribution >= 4 is 21.6 Å². The molecule has 6 heteroatoms. The number of rotatable bonds is 8. The van der Waals surface area contributed by atoms with Gasteiger partial charge >= 0.3 is 5.97 Å². The van der Waals surface area contributed by atoms with Crippen molar-refractivity contribution in [2.45, 2.75) is 38.0 Å². The Labute approximate surface area is 124 Å². The fraction of sp³-hybridized carbons (Fsp3) is 0.467. The van der Waals surface area contributed by atoms with Gasteiger partial charge in [0.2, 0.25) is 0 Å². The maximum Gasteiger partial charge on any atom is 0.303 e. The van der Waals surface area contributed by atoms with Gasteiger partial charge in [-0.15, -0.1) is 0 Å². The lowest BCUT2D eigenvalue weighted by Crippen LogP contribution is -2.12. The van der Waals surface area contributed by atoms with Gasteiger partial charge in [0.25, 0.3) is 0 Å². The predicted molar refractivity (Wildman–Crippen MR) is 79.2 cm³/mol. The van der Waals surface area contributed by atoms with Crippen molar-refractivity contribution < 1.29 is 23.1 Å². The second-order valence-electron chi connectivity index (χ2n) is 5.37. The molecule has 0 bridgehead atoms. The van der Waals surface area contributed by atoms with Crippen LogP contribution in [0.1, 0.15) is 43.5 Å². The van der Waals surface area contributed by atoms with Crippen molar-refractivity contribution in [2.75, 3.05) is 5.75 Å². The third-order valence-corrected chi connectivity index (χ3v) is 4.98. The second kappa shape index (κ2) is 7.36. The molecular weight excluding hydrogens is 292 g/mol. The van der Waals surface area contributed by atoms with Crippen LogP contribution in [0.2, 0.25) is 0 Å². The molecule has 0 unspecified atom stereocenters. The van der Waals surface area contributed by atoms with Gasteiger partial charge in [0.1, 0.15) is 0 Å². The summed E-state index contributed by atoms with van der Waals surface area (Å²) in [6.45, 7) is 3.66. The normalized spacial score (nSPS) is 11.6. The summed E-state index contributed by atoms with van der Waals surface area (Å²) >= 11 is 0. The van der Waals surface area contributed by atoms with Crippen molar-refractivity contribution in [3.8, 4) is 0 Å². The number of Topliss-reactive ketones (excluding diaryl/α,β-unsaturated/α-hetero) is 1. The van der Waals surface area contributed by atoms with Crippen LogP contribution >= 0.6 is 0 Å². The van der Waals surface area contributed by atoms with E-state index in [-0.39, 0.29) is 41.6 Å². The molecule has 0 saturated heterocycles. The molecule has 1 aromatic carbocycles. The summed E-state index contributed by atoms with van der Waals surface area (Å²) in [5, 5.41) is 8.52. The molecule has 0 heterocycles. The van der Waals surface area contributed by atoms with E-state index in [0.29, 0.717) is 5.56 Å². The summed E-state index contributed by atoms with van der Waals surface area (Å²) in [6, 6.07) is 5.83. The molecule has 0 aromatic heterocycles. The zero-order valence-corrected chi connectivity index (χ0v) is 13.0. The first kappa shape index (κ1) is 17.4. The highest BCUT2D eigenvalue weighted by Crippen LogP contribution is 2.16. The largest absolute Gasteiger partial charge is 0.481 e. The molecule has 0 fully saturated rings. The lowest BCUT2D eigenvalue weighted by atomic mass is 10.1. The fourth-order valence-corrected chi connectivity index (χ4v) is 3.55. The summed E-state index contributed by atoms with van der Waals surface area (Å²) < 4.78 is 24.0. The summed E-state index contributed by atoms with van der Waals surface area (Å²) in [7, 11) is -3.32. The molecule has 0 atom stereocenters. The van der Waals surface area contributed by atoms with Gasteiger partial charge in [0.15, 0.2) is 15.6 Å². The number of carboxylic acids is 1. The van der Waals surface area contributed by atoms with Gasteiger partial charge in [-0.3, -0.25) is 9.59 Å². The zero-order valence-electron chi connectivity index (χ0n) is 12.2. The highest BCUT2D eigenvalue weighted by Gasteiger charge is 2.17. The van der Waals surface area contributed by atoms with E-state index >= 15 is 0 Å². The van der Waals surface area contributed by atoms with Crippen LogP contribution in [0.15, 0.2) is 29.2 Å². The van der Waals surface area contributed by atoms with E-state index in [1.165, 1.54) is 24.3 Å². The van der Waals surface area contributed by atoms with E-state index in [4.69, 9.17) is 5.11 Å². The number of carbonyl (C=O) groups excluding carboxylic acids is 1. The molecule has 0 saturated carbocycles. The molecule has 0 aliphatic rings. The summed E-state index contributed by atoms with van der Waals surface area (Å²) in [6.07, 6.45) is 0.374. The predicted octanol–water partition coefficient (Wildman–Crippen LogP) is 2.55. The quantitative estimate of drug-likeness (QED) is 0.745. The van der Waals surface area contributed by atoms with E-state index in [2.05, 4.69) is 0 Å². The average Bonchev–Trinajstić information content (AvgIpc) is 2.37. The van der Waals surface area contributed by atoms with Crippen molar-refractivity contribution in [1.82, 2.24) is 0 Å². The Kier molecular flexibility index (Phi) is 6.08. The summed E-state index contributed by atoms with van der Waals surface area (Å²) in [5.74, 6) is -1.01.